The Balaban J connectivity index is 1.26. The molecule has 1 unspecified atom stereocenters. The van der Waals surface area contributed by atoms with Gasteiger partial charge in [0.15, 0.2) is 0 Å². The number of para-hydroxylation sites is 1. The van der Waals surface area contributed by atoms with Crippen molar-refractivity contribution in [2.75, 3.05) is 56.0 Å². The molecule has 0 spiro atoms. The first-order valence-corrected chi connectivity index (χ1v) is 10.9. The van der Waals surface area contributed by atoms with E-state index in [4.69, 9.17) is 0 Å². The number of nitrogens with one attached hydrogen (secondary N) is 1. The molecular weight excluding hydrogens is 392 g/mol. The van der Waals surface area contributed by atoms with Crippen LogP contribution in [0, 0.1) is 11.8 Å². The number of hydrogen-bond donors (Lipinski definition) is 2. The van der Waals surface area contributed by atoms with E-state index >= 15 is 0 Å². The van der Waals surface area contributed by atoms with E-state index in [0.29, 0.717) is 18.8 Å². The van der Waals surface area contributed by atoms with Crippen LogP contribution >= 0.6 is 0 Å². The largest absolute Gasteiger partial charge is 0.508 e. The number of hydrogen-bond acceptors (Lipinski definition) is 5. The first-order chi connectivity index (χ1) is 15.0. The Morgan fingerprint density at radius 2 is 1.65 bits per heavy atom. The van der Waals surface area contributed by atoms with Gasteiger partial charge in [-0.05, 0) is 42.3 Å². The van der Waals surface area contributed by atoms with E-state index in [-0.39, 0.29) is 29.4 Å². The molecule has 2 aromatic rings. The third-order valence-corrected chi connectivity index (χ3v) is 6.27. The van der Waals surface area contributed by atoms with Crippen LogP contribution in [-0.2, 0) is 9.59 Å². The van der Waals surface area contributed by atoms with Gasteiger partial charge in [0, 0.05) is 50.6 Å². The normalized spacial score (nSPS) is 21.8. The molecule has 4 rings (SSSR count). The summed E-state index contributed by atoms with van der Waals surface area (Å²) in [6, 6.07) is 16.8. The van der Waals surface area contributed by atoms with Crippen LogP contribution in [0.4, 0.5) is 11.4 Å². The zero-order chi connectivity index (χ0) is 21.8. The van der Waals surface area contributed by atoms with Crippen molar-refractivity contribution in [2.24, 2.45) is 11.8 Å². The molecule has 0 radical (unpaired) electrons. The Bertz CT molecular complexity index is 895. The number of carbonyl (C=O) groups excluding carboxylic acids is 2. The number of amides is 2. The number of benzene rings is 2. The molecular formula is C24H30N4O3. The van der Waals surface area contributed by atoms with Crippen molar-refractivity contribution in [3.63, 3.8) is 0 Å². The average molecular weight is 423 g/mol. The highest BCUT2D eigenvalue weighted by Crippen LogP contribution is 2.25. The Hall–Kier alpha value is -3.06. The molecule has 0 bridgehead atoms. The molecule has 2 N–H and O–H groups in total. The number of phenolic OH excluding ortho intramolecular Hbond substituents is 1. The predicted octanol–water partition coefficient (Wildman–Crippen LogP) is 2.25. The van der Waals surface area contributed by atoms with E-state index in [1.165, 1.54) is 5.69 Å². The van der Waals surface area contributed by atoms with E-state index in [0.717, 1.165) is 32.7 Å². The van der Waals surface area contributed by atoms with Gasteiger partial charge < -0.3 is 20.2 Å². The smallest absolute Gasteiger partial charge is 0.236 e. The van der Waals surface area contributed by atoms with Crippen molar-refractivity contribution in [3.05, 3.63) is 54.6 Å². The molecule has 7 nitrogen and oxygen atoms in total. The number of nitrogens with zero attached hydrogens (tertiary/aromatic N) is 3. The lowest BCUT2D eigenvalue weighted by Gasteiger charge is -2.36. The average Bonchev–Trinajstić information content (AvgIpc) is 3.16. The highest BCUT2D eigenvalue weighted by molar-refractivity contribution is 5.93. The lowest BCUT2D eigenvalue weighted by molar-refractivity contribution is -0.132. The second-order valence-electron chi connectivity index (χ2n) is 8.52. The highest BCUT2D eigenvalue weighted by Gasteiger charge is 2.36. The molecule has 31 heavy (non-hydrogen) atoms. The molecule has 0 aliphatic carbocycles. The molecule has 2 aromatic carbocycles. The van der Waals surface area contributed by atoms with Crippen LogP contribution in [0.5, 0.6) is 5.75 Å². The van der Waals surface area contributed by atoms with Gasteiger partial charge in [0.1, 0.15) is 5.75 Å². The molecule has 2 atom stereocenters. The van der Waals surface area contributed by atoms with E-state index in [1.54, 1.807) is 24.3 Å². The van der Waals surface area contributed by atoms with Crippen LogP contribution in [0.25, 0.3) is 0 Å². The maximum Gasteiger partial charge on any atom is 0.236 e. The predicted molar refractivity (Wildman–Crippen MR) is 121 cm³/mol. The van der Waals surface area contributed by atoms with Crippen LogP contribution in [-0.4, -0.2) is 72.5 Å². The number of rotatable bonds is 5. The maximum atomic E-state index is 12.8. The van der Waals surface area contributed by atoms with Crippen LogP contribution < -0.4 is 10.2 Å². The summed E-state index contributed by atoms with van der Waals surface area (Å²) in [6.45, 7) is 6.87. The van der Waals surface area contributed by atoms with Crippen LogP contribution in [0.1, 0.15) is 6.92 Å². The van der Waals surface area contributed by atoms with Crippen molar-refractivity contribution < 1.29 is 14.7 Å². The zero-order valence-electron chi connectivity index (χ0n) is 17.9. The summed E-state index contributed by atoms with van der Waals surface area (Å²) >= 11 is 0. The van der Waals surface area contributed by atoms with Crippen LogP contribution in [0.3, 0.4) is 0 Å². The second kappa shape index (κ2) is 9.39. The molecule has 2 fully saturated rings. The van der Waals surface area contributed by atoms with Gasteiger partial charge in [-0.15, -0.1) is 0 Å². The van der Waals surface area contributed by atoms with E-state index in [1.807, 2.05) is 23.1 Å². The number of carbonyl (C=O) groups is 2. The van der Waals surface area contributed by atoms with Gasteiger partial charge in [-0.1, -0.05) is 25.1 Å². The molecule has 0 saturated carbocycles. The number of likely N-dealkylation sites (tertiary alicyclic amines) is 1. The summed E-state index contributed by atoms with van der Waals surface area (Å²) < 4.78 is 0. The summed E-state index contributed by atoms with van der Waals surface area (Å²) in [4.78, 5) is 31.9. The lowest BCUT2D eigenvalue weighted by atomic mass is 9.97. The summed E-state index contributed by atoms with van der Waals surface area (Å²) in [7, 11) is 0. The van der Waals surface area contributed by atoms with Gasteiger partial charge >= 0.3 is 0 Å². The summed E-state index contributed by atoms with van der Waals surface area (Å²) in [5.74, 6) is 0.294. The molecule has 2 aliphatic rings. The molecule has 164 valence electrons. The monoisotopic (exact) mass is 422 g/mol. The van der Waals surface area contributed by atoms with Crippen LogP contribution in [0.15, 0.2) is 54.6 Å². The zero-order valence-corrected chi connectivity index (χ0v) is 17.9. The molecule has 2 saturated heterocycles. The summed E-state index contributed by atoms with van der Waals surface area (Å²) in [5, 5.41) is 12.3. The molecule has 2 aliphatic heterocycles. The number of phenols is 1. The Morgan fingerprint density at radius 3 is 2.32 bits per heavy atom. The van der Waals surface area contributed by atoms with E-state index in [2.05, 4.69) is 34.2 Å². The molecule has 7 heteroatoms. The van der Waals surface area contributed by atoms with Crippen LogP contribution in [0.2, 0.25) is 0 Å². The van der Waals surface area contributed by atoms with Crippen molar-refractivity contribution in [1.29, 1.82) is 0 Å². The van der Waals surface area contributed by atoms with E-state index in [9.17, 15) is 14.7 Å². The number of piperazine rings is 1. The van der Waals surface area contributed by atoms with Gasteiger partial charge in [-0.2, -0.15) is 0 Å². The Morgan fingerprint density at radius 1 is 0.968 bits per heavy atom. The molecule has 2 amide bonds. The van der Waals surface area contributed by atoms with Crippen molar-refractivity contribution >= 4 is 23.2 Å². The van der Waals surface area contributed by atoms with Gasteiger partial charge in [-0.3, -0.25) is 14.5 Å². The van der Waals surface area contributed by atoms with Gasteiger partial charge in [-0.25, -0.2) is 0 Å². The summed E-state index contributed by atoms with van der Waals surface area (Å²) in [6.07, 6.45) is 0. The van der Waals surface area contributed by atoms with E-state index < -0.39 is 0 Å². The standard InChI is InChI=1S/C24H30N4O3/c1-18-15-26(16-22(18)24(31)25-19-7-9-21(29)10-8-19)17-23(30)28-13-11-27(12-14-28)20-5-3-2-4-6-20/h2-10,18,22,29H,11-17H2,1H3,(H,25,31)/t18-,22?/m0/s1. The fourth-order valence-electron chi connectivity index (χ4n) is 4.46. The quantitative estimate of drug-likeness (QED) is 0.723. The summed E-state index contributed by atoms with van der Waals surface area (Å²) in [5.41, 5.74) is 1.87. The third kappa shape index (κ3) is 5.17. The fourth-order valence-corrected chi connectivity index (χ4v) is 4.46. The van der Waals surface area contributed by atoms with Crippen molar-refractivity contribution in [2.45, 2.75) is 6.92 Å². The first kappa shape index (κ1) is 21.2. The molecule has 0 aromatic heterocycles. The number of anilines is 2. The fraction of sp³-hybridized carbons (Fsp3) is 0.417. The van der Waals surface area contributed by atoms with Crippen molar-refractivity contribution in [1.82, 2.24) is 9.80 Å². The number of aromatic hydroxyl groups is 1. The minimum absolute atomic E-state index is 0.0374. The lowest BCUT2D eigenvalue weighted by Crippen LogP contribution is -2.51. The second-order valence-corrected chi connectivity index (χ2v) is 8.52. The highest BCUT2D eigenvalue weighted by atomic mass is 16.3. The van der Waals surface area contributed by atoms with Gasteiger partial charge in [0.05, 0.1) is 12.5 Å². The van der Waals surface area contributed by atoms with Crippen molar-refractivity contribution in [3.8, 4) is 5.75 Å². The van der Waals surface area contributed by atoms with Gasteiger partial charge in [0.2, 0.25) is 11.8 Å². The van der Waals surface area contributed by atoms with Gasteiger partial charge in [0.25, 0.3) is 0 Å². The molecule has 2 heterocycles. The minimum Gasteiger partial charge on any atom is -0.508 e. The first-order valence-electron chi connectivity index (χ1n) is 10.9. The Kier molecular flexibility index (Phi) is 6.42. The maximum absolute atomic E-state index is 12.8. The topological polar surface area (TPSA) is 76.1 Å². The SMILES string of the molecule is C[C@H]1CN(CC(=O)N2CCN(c3ccccc3)CC2)CC1C(=O)Nc1ccc(O)cc1. The third-order valence-electron chi connectivity index (χ3n) is 6.27. The Labute approximate surface area is 183 Å². The minimum atomic E-state index is -0.156.